The summed E-state index contributed by atoms with van der Waals surface area (Å²) in [6, 6.07) is 12.1. The highest BCUT2D eigenvalue weighted by molar-refractivity contribution is 6.30. The van der Waals surface area contributed by atoms with Gasteiger partial charge in [0.2, 0.25) is 5.82 Å². The van der Waals surface area contributed by atoms with Crippen LogP contribution in [0.3, 0.4) is 0 Å². The zero-order valence-corrected chi connectivity index (χ0v) is 21.2. The summed E-state index contributed by atoms with van der Waals surface area (Å²) in [6.07, 6.45) is 0.862. The van der Waals surface area contributed by atoms with Gasteiger partial charge >= 0.3 is 6.03 Å². The maximum atomic E-state index is 13.1. The van der Waals surface area contributed by atoms with Crippen molar-refractivity contribution in [3.8, 4) is 22.9 Å². The Morgan fingerprint density at radius 2 is 1.91 bits per heavy atom. The number of hydrogen-bond donors (Lipinski definition) is 1. The lowest BCUT2D eigenvalue weighted by atomic mass is 9.94. The number of rotatable bonds is 8. The summed E-state index contributed by atoms with van der Waals surface area (Å²) in [7, 11) is 3.15. The van der Waals surface area contributed by atoms with Gasteiger partial charge in [-0.2, -0.15) is 4.98 Å². The van der Waals surface area contributed by atoms with Crippen molar-refractivity contribution < 1.29 is 18.8 Å². The third-order valence-electron chi connectivity index (χ3n) is 6.01. The minimum Gasteiger partial charge on any atom is -0.493 e. The number of hydrogen-bond acceptors (Lipinski definition) is 6. The maximum Gasteiger partial charge on any atom is 0.322 e. The van der Waals surface area contributed by atoms with Crippen LogP contribution in [0.4, 0.5) is 4.79 Å². The van der Waals surface area contributed by atoms with Crippen LogP contribution in [0, 0.1) is 5.92 Å². The van der Waals surface area contributed by atoms with E-state index in [9.17, 15) is 4.79 Å². The van der Waals surface area contributed by atoms with Crippen LogP contribution in [0.5, 0.6) is 11.5 Å². The molecule has 1 aromatic heterocycles. The van der Waals surface area contributed by atoms with Crippen molar-refractivity contribution in [2.75, 3.05) is 20.8 Å². The summed E-state index contributed by atoms with van der Waals surface area (Å²) >= 11 is 6.27. The molecule has 0 saturated heterocycles. The molecule has 2 amide bonds. The molecule has 4 rings (SSSR count). The van der Waals surface area contributed by atoms with E-state index >= 15 is 0 Å². The van der Waals surface area contributed by atoms with Gasteiger partial charge in [0.1, 0.15) is 0 Å². The second-order valence-corrected chi connectivity index (χ2v) is 9.20. The van der Waals surface area contributed by atoms with Crippen LogP contribution in [0.1, 0.15) is 44.7 Å². The lowest BCUT2D eigenvalue weighted by Gasteiger charge is -2.35. The molecule has 2 heterocycles. The zero-order valence-electron chi connectivity index (χ0n) is 20.5. The average molecular weight is 497 g/mol. The van der Waals surface area contributed by atoms with E-state index in [1.807, 2.05) is 31.2 Å². The Labute approximate surface area is 209 Å². The minimum atomic E-state index is -0.491. The fraction of sp³-hybridized carbons (Fsp3) is 0.346. The number of nitrogens with zero attached hydrogens (tertiary/aromatic N) is 3. The number of halogens is 1. The largest absolute Gasteiger partial charge is 0.493 e. The molecule has 2 aromatic carbocycles. The Hall–Kier alpha value is -3.52. The van der Waals surface area contributed by atoms with Crippen molar-refractivity contribution in [2.45, 2.75) is 33.2 Å². The number of carbonyl (C=O) groups is 1. The molecule has 35 heavy (non-hydrogen) atoms. The van der Waals surface area contributed by atoms with Crippen molar-refractivity contribution in [3.63, 3.8) is 0 Å². The summed E-state index contributed by atoms with van der Waals surface area (Å²) in [6.45, 7) is 6.75. The number of nitrogens with one attached hydrogen (secondary N) is 1. The molecule has 184 valence electrons. The molecule has 0 radical (unpaired) electrons. The van der Waals surface area contributed by atoms with Crippen molar-refractivity contribution >= 4 is 23.2 Å². The van der Waals surface area contributed by atoms with Crippen molar-refractivity contribution in [2.24, 2.45) is 5.92 Å². The highest BCUT2D eigenvalue weighted by atomic mass is 35.5. The van der Waals surface area contributed by atoms with Gasteiger partial charge in [-0.1, -0.05) is 42.7 Å². The fourth-order valence-corrected chi connectivity index (χ4v) is 4.28. The van der Waals surface area contributed by atoms with Crippen LogP contribution in [-0.2, 0) is 0 Å². The van der Waals surface area contributed by atoms with E-state index < -0.39 is 6.04 Å². The van der Waals surface area contributed by atoms with Gasteiger partial charge in [0.25, 0.3) is 5.89 Å². The number of amides is 2. The Morgan fingerprint density at radius 1 is 1.14 bits per heavy atom. The molecule has 0 spiro atoms. The van der Waals surface area contributed by atoms with E-state index in [1.54, 1.807) is 37.3 Å². The zero-order chi connectivity index (χ0) is 25.1. The lowest BCUT2D eigenvalue weighted by Crippen LogP contribution is -2.46. The van der Waals surface area contributed by atoms with E-state index in [4.69, 9.17) is 30.6 Å². The Balaban J connectivity index is 1.79. The molecule has 8 nitrogen and oxygen atoms in total. The van der Waals surface area contributed by atoms with Crippen LogP contribution in [0.25, 0.3) is 17.0 Å². The van der Waals surface area contributed by atoms with Gasteiger partial charge in [-0.25, -0.2) is 4.79 Å². The Bertz CT molecular complexity index is 1250. The van der Waals surface area contributed by atoms with Crippen molar-refractivity contribution in [3.05, 3.63) is 64.6 Å². The number of aromatic nitrogens is 2. The van der Waals surface area contributed by atoms with Gasteiger partial charge in [-0.3, -0.25) is 4.90 Å². The quantitative estimate of drug-likeness (QED) is 0.414. The monoisotopic (exact) mass is 496 g/mol. The van der Waals surface area contributed by atoms with Gasteiger partial charge < -0.3 is 19.3 Å². The third kappa shape index (κ3) is 5.12. The first kappa shape index (κ1) is 24.6. The standard InChI is InChI=1S/C26H29ClN4O4/c1-15(2)11-12-31-16(3)22(23(28-26(31)32)17-7-6-8-19(27)13-17)25-29-24(30-35-25)18-9-10-20(33-4)21(14-18)34-5/h6-10,13-15,23H,11-12H2,1-5H3,(H,28,32). The molecule has 1 aliphatic heterocycles. The summed E-state index contributed by atoms with van der Waals surface area (Å²) in [5, 5.41) is 7.89. The summed E-state index contributed by atoms with van der Waals surface area (Å²) in [4.78, 5) is 19.5. The molecule has 1 N–H and O–H groups in total. The predicted octanol–water partition coefficient (Wildman–Crippen LogP) is 5.95. The van der Waals surface area contributed by atoms with Crippen LogP contribution >= 0.6 is 11.6 Å². The van der Waals surface area contributed by atoms with Crippen molar-refractivity contribution in [1.82, 2.24) is 20.4 Å². The second-order valence-electron chi connectivity index (χ2n) is 8.76. The normalized spacial score (nSPS) is 16.0. The third-order valence-corrected chi connectivity index (χ3v) is 6.24. The molecule has 1 unspecified atom stereocenters. The summed E-state index contributed by atoms with van der Waals surface area (Å²) in [5.74, 6) is 2.34. The topological polar surface area (TPSA) is 89.7 Å². The molecule has 9 heteroatoms. The molecule has 0 fully saturated rings. The van der Waals surface area contributed by atoms with E-state index in [0.717, 1.165) is 23.3 Å². The van der Waals surface area contributed by atoms with E-state index in [1.165, 1.54) is 0 Å². The number of allylic oxidation sites excluding steroid dienone is 1. The molecule has 0 bridgehead atoms. The first-order chi connectivity index (χ1) is 16.8. The predicted molar refractivity (Wildman–Crippen MR) is 134 cm³/mol. The molecule has 0 saturated carbocycles. The van der Waals surface area contributed by atoms with Gasteiger partial charge in [0, 0.05) is 22.8 Å². The molecule has 0 aliphatic carbocycles. The number of methoxy groups -OCH3 is 2. The summed E-state index contributed by atoms with van der Waals surface area (Å²) in [5.41, 5.74) is 3.04. The molecule has 1 atom stereocenters. The van der Waals surface area contributed by atoms with Crippen LogP contribution < -0.4 is 14.8 Å². The first-order valence-electron chi connectivity index (χ1n) is 11.4. The van der Waals surface area contributed by atoms with E-state index in [-0.39, 0.29) is 6.03 Å². The van der Waals surface area contributed by atoms with Crippen LogP contribution in [0.2, 0.25) is 5.02 Å². The fourth-order valence-electron chi connectivity index (χ4n) is 4.08. The smallest absolute Gasteiger partial charge is 0.322 e. The molecule has 3 aromatic rings. The van der Waals surface area contributed by atoms with Gasteiger partial charge in [0.05, 0.1) is 25.8 Å². The van der Waals surface area contributed by atoms with E-state index in [2.05, 4.69) is 24.3 Å². The van der Waals surface area contributed by atoms with Gasteiger partial charge in [0.15, 0.2) is 11.5 Å². The number of benzene rings is 2. The molecular formula is C26H29ClN4O4. The van der Waals surface area contributed by atoms with Gasteiger partial charge in [-0.05, 0) is 55.2 Å². The van der Waals surface area contributed by atoms with Crippen molar-refractivity contribution in [1.29, 1.82) is 0 Å². The summed E-state index contributed by atoms with van der Waals surface area (Å²) < 4.78 is 16.5. The molecular weight excluding hydrogens is 468 g/mol. The number of urea groups is 1. The molecule has 1 aliphatic rings. The van der Waals surface area contributed by atoms with Crippen LogP contribution in [-0.4, -0.2) is 41.8 Å². The first-order valence-corrected chi connectivity index (χ1v) is 11.8. The highest BCUT2D eigenvalue weighted by Gasteiger charge is 2.35. The number of carbonyl (C=O) groups excluding carboxylic acids is 1. The van der Waals surface area contributed by atoms with Gasteiger partial charge in [-0.15, -0.1) is 0 Å². The average Bonchev–Trinajstić information content (AvgIpc) is 3.32. The minimum absolute atomic E-state index is 0.170. The number of ether oxygens (including phenoxy) is 2. The van der Waals surface area contributed by atoms with E-state index in [0.29, 0.717) is 46.3 Å². The Morgan fingerprint density at radius 3 is 2.60 bits per heavy atom. The maximum absolute atomic E-state index is 13.1. The lowest BCUT2D eigenvalue weighted by molar-refractivity contribution is 0.202. The SMILES string of the molecule is COc1ccc(-c2noc(C3=C(C)N(CCC(C)C)C(=O)NC3c3cccc(Cl)c3)n2)cc1OC. The second kappa shape index (κ2) is 10.4. The highest BCUT2D eigenvalue weighted by Crippen LogP contribution is 2.38. The van der Waals surface area contributed by atoms with Crippen LogP contribution in [0.15, 0.2) is 52.7 Å². The Kier molecular flexibility index (Phi) is 7.31.